The minimum absolute atomic E-state index is 0.0319. The minimum atomic E-state index is -0.451. The van der Waals surface area contributed by atoms with Crippen LogP contribution in [0, 0.1) is 5.92 Å². The van der Waals surface area contributed by atoms with Gasteiger partial charge in [0.1, 0.15) is 11.9 Å². The number of carbonyl (C=O) groups is 2. The van der Waals surface area contributed by atoms with E-state index < -0.39 is 6.09 Å². The van der Waals surface area contributed by atoms with Crippen LogP contribution in [0.3, 0.4) is 0 Å². The SMILES string of the molecule is NC1c2cccc(Cl)c2CC1CNCCC1CN(c2ccc3c(n2)NC(=O)CO3)C(=O)O1. The summed E-state index contributed by atoms with van der Waals surface area (Å²) in [5.41, 5.74) is 8.68. The molecule has 1 fully saturated rings. The lowest BCUT2D eigenvalue weighted by molar-refractivity contribution is -0.118. The van der Waals surface area contributed by atoms with E-state index in [1.807, 2.05) is 18.2 Å². The van der Waals surface area contributed by atoms with Crippen molar-refractivity contribution in [3.63, 3.8) is 0 Å². The number of carbonyl (C=O) groups excluding carboxylic acids is 2. The maximum absolute atomic E-state index is 12.4. The van der Waals surface area contributed by atoms with Gasteiger partial charge in [0.2, 0.25) is 0 Å². The molecule has 3 heterocycles. The van der Waals surface area contributed by atoms with Crippen molar-refractivity contribution in [2.24, 2.45) is 11.7 Å². The molecule has 1 saturated heterocycles. The van der Waals surface area contributed by atoms with Crippen LogP contribution in [-0.4, -0.2) is 49.3 Å². The highest BCUT2D eigenvalue weighted by molar-refractivity contribution is 6.31. The van der Waals surface area contributed by atoms with Crippen molar-refractivity contribution in [2.75, 3.05) is 36.5 Å². The molecule has 10 heteroatoms. The standard InChI is InChI=1S/C22H24ClN5O4/c23-16-3-1-2-14-15(16)8-12(20(14)24)9-25-7-6-13-10-28(22(30)32-13)18-5-4-17-21(26-18)27-19(29)11-31-17/h1-5,12-13,20,25H,6-11,24H2,(H,26,27,29). The molecule has 1 aliphatic carbocycles. The second-order valence-corrected chi connectivity index (χ2v) is 8.67. The number of amides is 2. The summed E-state index contributed by atoms with van der Waals surface area (Å²) in [5, 5.41) is 6.87. The number of anilines is 2. The highest BCUT2D eigenvalue weighted by Gasteiger charge is 2.34. The molecule has 2 aliphatic heterocycles. The summed E-state index contributed by atoms with van der Waals surface area (Å²) >= 11 is 6.31. The monoisotopic (exact) mass is 457 g/mol. The third-order valence-corrected chi connectivity index (χ3v) is 6.50. The molecule has 2 amide bonds. The van der Waals surface area contributed by atoms with E-state index in [2.05, 4.69) is 15.6 Å². The summed E-state index contributed by atoms with van der Waals surface area (Å²) in [4.78, 5) is 29.7. The van der Waals surface area contributed by atoms with Gasteiger partial charge in [0.15, 0.2) is 18.2 Å². The van der Waals surface area contributed by atoms with E-state index in [1.54, 1.807) is 12.1 Å². The first-order chi connectivity index (χ1) is 15.5. The zero-order chi connectivity index (χ0) is 22.2. The van der Waals surface area contributed by atoms with E-state index in [1.165, 1.54) is 4.90 Å². The zero-order valence-electron chi connectivity index (χ0n) is 17.3. The van der Waals surface area contributed by atoms with E-state index in [0.717, 1.165) is 29.1 Å². The van der Waals surface area contributed by atoms with Crippen LogP contribution in [0.15, 0.2) is 30.3 Å². The Morgan fingerprint density at radius 3 is 3.00 bits per heavy atom. The Morgan fingerprint density at radius 1 is 1.28 bits per heavy atom. The number of nitrogens with zero attached hydrogens (tertiary/aromatic N) is 2. The molecule has 0 spiro atoms. The van der Waals surface area contributed by atoms with Gasteiger partial charge >= 0.3 is 6.09 Å². The molecule has 0 radical (unpaired) electrons. The molecule has 3 atom stereocenters. The Bertz CT molecular complexity index is 1060. The average Bonchev–Trinajstić information content (AvgIpc) is 3.31. The van der Waals surface area contributed by atoms with Crippen LogP contribution in [-0.2, 0) is 16.0 Å². The van der Waals surface area contributed by atoms with Gasteiger partial charge in [-0.2, -0.15) is 0 Å². The van der Waals surface area contributed by atoms with Crippen molar-refractivity contribution in [3.8, 4) is 5.75 Å². The van der Waals surface area contributed by atoms with Gasteiger partial charge in [0.25, 0.3) is 5.91 Å². The Balaban J connectivity index is 1.12. The van der Waals surface area contributed by atoms with E-state index in [4.69, 9.17) is 26.8 Å². The number of pyridine rings is 1. The van der Waals surface area contributed by atoms with Crippen LogP contribution in [0.5, 0.6) is 5.75 Å². The second kappa shape index (κ2) is 8.57. The molecule has 168 valence electrons. The van der Waals surface area contributed by atoms with Crippen molar-refractivity contribution in [1.82, 2.24) is 10.3 Å². The van der Waals surface area contributed by atoms with Gasteiger partial charge in [0.05, 0.1) is 6.54 Å². The second-order valence-electron chi connectivity index (χ2n) is 8.26. The van der Waals surface area contributed by atoms with Crippen LogP contribution < -0.4 is 26.0 Å². The molecule has 3 unspecified atom stereocenters. The summed E-state index contributed by atoms with van der Waals surface area (Å²) in [7, 11) is 0. The number of fused-ring (bicyclic) bond motifs is 2. The van der Waals surface area contributed by atoms with Gasteiger partial charge in [-0.25, -0.2) is 9.78 Å². The van der Waals surface area contributed by atoms with Crippen molar-refractivity contribution in [2.45, 2.75) is 25.0 Å². The molecule has 1 aromatic heterocycles. The Hall–Kier alpha value is -2.88. The molecule has 1 aromatic carbocycles. The molecule has 0 saturated carbocycles. The first kappa shape index (κ1) is 21.0. The molecular weight excluding hydrogens is 434 g/mol. The van der Waals surface area contributed by atoms with E-state index in [0.29, 0.717) is 36.9 Å². The lowest BCUT2D eigenvalue weighted by atomic mass is 10.0. The zero-order valence-corrected chi connectivity index (χ0v) is 18.1. The highest BCUT2D eigenvalue weighted by atomic mass is 35.5. The quantitative estimate of drug-likeness (QED) is 0.569. The van der Waals surface area contributed by atoms with Crippen molar-refractivity contribution >= 4 is 35.2 Å². The van der Waals surface area contributed by atoms with Gasteiger partial charge in [-0.05, 0) is 54.6 Å². The largest absolute Gasteiger partial charge is 0.480 e. The smallest absolute Gasteiger partial charge is 0.415 e. The van der Waals surface area contributed by atoms with Crippen LogP contribution in [0.2, 0.25) is 5.02 Å². The van der Waals surface area contributed by atoms with Gasteiger partial charge in [-0.1, -0.05) is 23.7 Å². The fourth-order valence-electron chi connectivity index (χ4n) is 4.46. The Labute approximate surface area is 190 Å². The number of ether oxygens (including phenoxy) is 2. The van der Waals surface area contributed by atoms with Crippen LogP contribution >= 0.6 is 11.6 Å². The number of hydrogen-bond donors (Lipinski definition) is 3. The van der Waals surface area contributed by atoms with Crippen molar-refractivity contribution < 1.29 is 19.1 Å². The molecule has 3 aliphatic rings. The summed E-state index contributed by atoms with van der Waals surface area (Å²) < 4.78 is 10.8. The molecule has 4 N–H and O–H groups in total. The minimum Gasteiger partial charge on any atom is -0.480 e. The lowest BCUT2D eigenvalue weighted by Gasteiger charge is -2.19. The lowest BCUT2D eigenvalue weighted by Crippen LogP contribution is -2.32. The van der Waals surface area contributed by atoms with Crippen LogP contribution in [0.25, 0.3) is 0 Å². The van der Waals surface area contributed by atoms with Gasteiger partial charge in [-0.3, -0.25) is 9.69 Å². The number of cyclic esters (lactones) is 1. The number of halogens is 1. The Kier molecular flexibility index (Phi) is 5.62. The predicted octanol–water partition coefficient (Wildman–Crippen LogP) is 2.24. The van der Waals surface area contributed by atoms with Crippen LogP contribution in [0.4, 0.5) is 16.4 Å². The molecular formula is C22H24ClN5O4. The molecule has 0 bridgehead atoms. The van der Waals surface area contributed by atoms with Gasteiger partial charge < -0.3 is 25.8 Å². The van der Waals surface area contributed by atoms with Gasteiger partial charge in [-0.15, -0.1) is 0 Å². The highest BCUT2D eigenvalue weighted by Crippen LogP contribution is 2.37. The summed E-state index contributed by atoms with van der Waals surface area (Å²) in [6, 6.07) is 9.23. The number of rotatable bonds is 6. The van der Waals surface area contributed by atoms with E-state index >= 15 is 0 Å². The topological polar surface area (TPSA) is 119 Å². The number of nitrogens with one attached hydrogen (secondary N) is 2. The number of hydrogen-bond acceptors (Lipinski definition) is 7. The third-order valence-electron chi connectivity index (χ3n) is 6.15. The first-order valence-corrected chi connectivity index (χ1v) is 11.0. The number of benzene rings is 1. The predicted molar refractivity (Wildman–Crippen MR) is 119 cm³/mol. The molecule has 2 aromatic rings. The fraction of sp³-hybridized carbons (Fsp3) is 0.409. The van der Waals surface area contributed by atoms with Crippen molar-refractivity contribution in [1.29, 1.82) is 0 Å². The molecule has 9 nitrogen and oxygen atoms in total. The van der Waals surface area contributed by atoms with Crippen LogP contribution in [0.1, 0.15) is 23.6 Å². The number of nitrogens with two attached hydrogens (primary N) is 1. The van der Waals surface area contributed by atoms with Gasteiger partial charge in [0, 0.05) is 17.6 Å². The average molecular weight is 458 g/mol. The van der Waals surface area contributed by atoms with Crippen molar-refractivity contribution in [3.05, 3.63) is 46.5 Å². The molecule has 32 heavy (non-hydrogen) atoms. The van der Waals surface area contributed by atoms with E-state index in [-0.39, 0.29) is 30.6 Å². The summed E-state index contributed by atoms with van der Waals surface area (Å²) in [6.45, 7) is 1.81. The maximum atomic E-state index is 12.4. The molecule has 5 rings (SSSR count). The fourth-order valence-corrected chi connectivity index (χ4v) is 4.72. The first-order valence-electron chi connectivity index (χ1n) is 10.6. The number of aromatic nitrogens is 1. The third kappa shape index (κ3) is 3.99. The summed E-state index contributed by atoms with van der Waals surface area (Å²) in [6.07, 6.45) is 0.832. The van der Waals surface area contributed by atoms with E-state index in [9.17, 15) is 9.59 Å². The Morgan fingerprint density at radius 2 is 2.16 bits per heavy atom. The summed E-state index contributed by atoms with van der Waals surface area (Å²) in [5.74, 6) is 1.22. The maximum Gasteiger partial charge on any atom is 0.415 e. The normalized spacial score (nSPS) is 23.9.